The molecule has 0 bridgehead atoms. The van der Waals surface area contributed by atoms with Crippen molar-refractivity contribution in [1.82, 2.24) is 10.6 Å². The Morgan fingerprint density at radius 1 is 1.47 bits per heavy atom. The monoisotopic (exact) mass is 234 g/mol. The van der Waals surface area contributed by atoms with E-state index in [4.69, 9.17) is 0 Å². The molecule has 1 aliphatic rings. The Bertz CT molecular complexity index is 414. The van der Waals surface area contributed by atoms with Gasteiger partial charge in [0.1, 0.15) is 5.75 Å². The Morgan fingerprint density at radius 3 is 2.94 bits per heavy atom. The van der Waals surface area contributed by atoms with Gasteiger partial charge < -0.3 is 15.7 Å². The van der Waals surface area contributed by atoms with Crippen molar-refractivity contribution in [1.29, 1.82) is 0 Å². The lowest BCUT2D eigenvalue weighted by atomic mass is 10.1. The zero-order valence-electron chi connectivity index (χ0n) is 9.99. The zero-order valence-corrected chi connectivity index (χ0v) is 9.99. The van der Waals surface area contributed by atoms with E-state index in [1.807, 2.05) is 25.1 Å². The van der Waals surface area contributed by atoms with Crippen LogP contribution in [-0.2, 0) is 11.3 Å². The summed E-state index contributed by atoms with van der Waals surface area (Å²) in [6.45, 7) is 2.66. The first-order valence-electron chi connectivity index (χ1n) is 5.94. The lowest BCUT2D eigenvalue weighted by Gasteiger charge is -2.08. The maximum Gasteiger partial charge on any atom is 0.234 e. The van der Waals surface area contributed by atoms with Crippen LogP contribution in [0.1, 0.15) is 24.0 Å². The fourth-order valence-electron chi connectivity index (χ4n) is 1.68. The molecule has 17 heavy (non-hydrogen) atoms. The van der Waals surface area contributed by atoms with Crippen LogP contribution in [-0.4, -0.2) is 23.6 Å². The number of aromatic hydroxyl groups is 1. The number of benzene rings is 1. The number of hydrogen-bond acceptors (Lipinski definition) is 3. The number of carbonyl (C=O) groups is 1. The number of phenols is 1. The van der Waals surface area contributed by atoms with Crippen LogP contribution in [0.4, 0.5) is 0 Å². The minimum atomic E-state index is 0.0274. The lowest BCUT2D eigenvalue weighted by molar-refractivity contribution is -0.120. The standard InChI is InChI=1S/C13H18N2O2/c1-9-3-2-4-10(13(9)17)7-14-8-12(16)15-11-5-6-11/h2-4,11,14,17H,5-8H2,1H3,(H,15,16). The van der Waals surface area contributed by atoms with Crippen LogP contribution < -0.4 is 10.6 Å². The number of phenolic OH excluding ortho intramolecular Hbond substituents is 1. The average molecular weight is 234 g/mol. The van der Waals surface area contributed by atoms with Gasteiger partial charge in [0.15, 0.2) is 0 Å². The van der Waals surface area contributed by atoms with E-state index in [9.17, 15) is 9.90 Å². The van der Waals surface area contributed by atoms with E-state index in [2.05, 4.69) is 10.6 Å². The number of amides is 1. The molecule has 0 aromatic heterocycles. The van der Waals surface area contributed by atoms with Gasteiger partial charge in [-0.05, 0) is 25.3 Å². The highest BCUT2D eigenvalue weighted by Gasteiger charge is 2.22. The molecule has 1 aliphatic carbocycles. The second-order valence-corrected chi connectivity index (χ2v) is 4.53. The maximum atomic E-state index is 11.4. The first-order valence-corrected chi connectivity index (χ1v) is 5.94. The summed E-state index contributed by atoms with van der Waals surface area (Å²) in [5, 5.41) is 15.7. The van der Waals surface area contributed by atoms with Gasteiger partial charge in [0.05, 0.1) is 6.54 Å². The highest BCUT2D eigenvalue weighted by Crippen LogP contribution is 2.21. The molecule has 2 rings (SSSR count). The van der Waals surface area contributed by atoms with Gasteiger partial charge in [0.2, 0.25) is 5.91 Å². The van der Waals surface area contributed by atoms with E-state index in [-0.39, 0.29) is 5.91 Å². The largest absolute Gasteiger partial charge is 0.507 e. The van der Waals surface area contributed by atoms with Crippen LogP contribution in [0.15, 0.2) is 18.2 Å². The van der Waals surface area contributed by atoms with Gasteiger partial charge in [-0.3, -0.25) is 4.79 Å². The molecule has 92 valence electrons. The van der Waals surface area contributed by atoms with Gasteiger partial charge in [-0.2, -0.15) is 0 Å². The van der Waals surface area contributed by atoms with Crippen LogP contribution in [0.25, 0.3) is 0 Å². The van der Waals surface area contributed by atoms with E-state index >= 15 is 0 Å². The molecule has 1 amide bonds. The number of carbonyl (C=O) groups excluding carboxylic acids is 1. The second-order valence-electron chi connectivity index (χ2n) is 4.53. The summed E-state index contributed by atoms with van der Waals surface area (Å²) in [6, 6.07) is 6.01. The van der Waals surface area contributed by atoms with Gasteiger partial charge in [0.25, 0.3) is 0 Å². The Kier molecular flexibility index (Phi) is 3.64. The Labute approximate surface area is 101 Å². The molecule has 1 fully saturated rings. The molecule has 0 radical (unpaired) electrons. The molecule has 0 spiro atoms. The van der Waals surface area contributed by atoms with Crippen LogP contribution in [0, 0.1) is 6.92 Å². The zero-order chi connectivity index (χ0) is 12.3. The van der Waals surface area contributed by atoms with Crippen LogP contribution >= 0.6 is 0 Å². The minimum absolute atomic E-state index is 0.0274. The van der Waals surface area contributed by atoms with Gasteiger partial charge >= 0.3 is 0 Å². The molecular weight excluding hydrogens is 216 g/mol. The van der Waals surface area contributed by atoms with Crippen molar-refractivity contribution < 1.29 is 9.90 Å². The van der Waals surface area contributed by atoms with E-state index in [0.29, 0.717) is 24.9 Å². The fraction of sp³-hybridized carbons (Fsp3) is 0.462. The van der Waals surface area contributed by atoms with Gasteiger partial charge in [-0.1, -0.05) is 18.2 Å². The summed E-state index contributed by atoms with van der Waals surface area (Å²) in [4.78, 5) is 11.4. The number of aryl methyl sites for hydroxylation is 1. The average Bonchev–Trinajstić information content (AvgIpc) is 3.08. The minimum Gasteiger partial charge on any atom is -0.507 e. The molecule has 0 atom stereocenters. The Hall–Kier alpha value is -1.55. The Balaban J connectivity index is 1.77. The molecule has 1 aromatic rings. The number of nitrogens with one attached hydrogen (secondary N) is 2. The number of rotatable bonds is 5. The summed E-state index contributed by atoms with van der Waals surface area (Å²) in [5.74, 6) is 0.335. The third kappa shape index (κ3) is 3.46. The van der Waals surface area contributed by atoms with Crippen molar-refractivity contribution in [3.8, 4) is 5.75 Å². The highest BCUT2D eigenvalue weighted by molar-refractivity contribution is 5.78. The van der Waals surface area contributed by atoms with Crippen LogP contribution in [0.3, 0.4) is 0 Å². The molecule has 4 heteroatoms. The predicted octanol–water partition coefficient (Wildman–Crippen LogP) is 1.07. The molecule has 1 aromatic carbocycles. The maximum absolute atomic E-state index is 11.4. The smallest absolute Gasteiger partial charge is 0.234 e. The third-order valence-electron chi connectivity index (χ3n) is 2.86. The van der Waals surface area contributed by atoms with Crippen LogP contribution in [0.5, 0.6) is 5.75 Å². The fourth-order valence-corrected chi connectivity index (χ4v) is 1.68. The molecule has 0 aliphatic heterocycles. The van der Waals surface area contributed by atoms with Gasteiger partial charge in [0, 0.05) is 18.2 Å². The number of para-hydroxylation sites is 1. The van der Waals surface area contributed by atoms with Crippen molar-refractivity contribution in [2.45, 2.75) is 32.4 Å². The van der Waals surface area contributed by atoms with Gasteiger partial charge in [-0.25, -0.2) is 0 Å². The molecule has 1 saturated carbocycles. The number of hydrogen-bond donors (Lipinski definition) is 3. The first kappa shape index (κ1) is 11.9. The van der Waals surface area contributed by atoms with E-state index in [1.54, 1.807) is 0 Å². The van der Waals surface area contributed by atoms with E-state index in [1.165, 1.54) is 0 Å². The summed E-state index contributed by atoms with van der Waals surface area (Å²) in [7, 11) is 0. The molecule has 0 saturated heterocycles. The first-order chi connectivity index (χ1) is 8.16. The quantitative estimate of drug-likeness (QED) is 0.714. The molecule has 3 N–H and O–H groups in total. The van der Waals surface area contributed by atoms with E-state index in [0.717, 1.165) is 24.0 Å². The Morgan fingerprint density at radius 2 is 2.24 bits per heavy atom. The van der Waals surface area contributed by atoms with Crippen molar-refractivity contribution >= 4 is 5.91 Å². The summed E-state index contributed by atoms with van der Waals surface area (Å²) >= 11 is 0. The highest BCUT2D eigenvalue weighted by atomic mass is 16.3. The van der Waals surface area contributed by atoms with Crippen molar-refractivity contribution in [3.05, 3.63) is 29.3 Å². The van der Waals surface area contributed by atoms with Crippen molar-refractivity contribution in [2.75, 3.05) is 6.54 Å². The topological polar surface area (TPSA) is 61.4 Å². The SMILES string of the molecule is Cc1cccc(CNCC(=O)NC2CC2)c1O. The third-order valence-corrected chi connectivity index (χ3v) is 2.86. The molecule has 4 nitrogen and oxygen atoms in total. The lowest BCUT2D eigenvalue weighted by Crippen LogP contribution is -2.34. The summed E-state index contributed by atoms with van der Waals surface area (Å²) in [6.07, 6.45) is 2.20. The summed E-state index contributed by atoms with van der Waals surface area (Å²) in [5.41, 5.74) is 1.68. The summed E-state index contributed by atoms with van der Waals surface area (Å²) < 4.78 is 0. The van der Waals surface area contributed by atoms with Crippen molar-refractivity contribution in [2.24, 2.45) is 0 Å². The molecule has 0 heterocycles. The van der Waals surface area contributed by atoms with E-state index < -0.39 is 0 Å². The van der Waals surface area contributed by atoms with Crippen LogP contribution in [0.2, 0.25) is 0 Å². The normalized spacial score (nSPS) is 14.6. The predicted molar refractivity (Wildman–Crippen MR) is 65.7 cm³/mol. The molecular formula is C13H18N2O2. The second kappa shape index (κ2) is 5.19. The van der Waals surface area contributed by atoms with Crippen molar-refractivity contribution in [3.63, 3.8) is 0 Å². The van der Waals surface area contributed by atoms with Gasteiger partial charge in [-0.15, -0.1) is 0 Å². The molecule has 0 unspecified atom stereocenters.